The number of carbonyl (C=O) groups excluding carboxylic acids is 1. The lowest BCUT2D eigenvalue weighted by molar-refractivity contribution is -0.121. The topological polar surface area (TPSA) is 87.6 Å². The van der Waals surface area contributed by atoms with Gasteiger partial charge in [0.05, 0.1) is 11.5 Å². The van der Waals surface area contributed by atoms with Gasteiger partial charge in [0.2, 0.25) is 15.9 Å². The molecule has 6 nitrogen and oxygen atoms in total. The van der Waals surface area contributed by atoms with Crippen LogP contribution in [0.1, 0.15) is 42.9 Å². The molecule has 2 N–H and O–H groups in total. The summed E-state index contributed by atoms with van der Waals surface area (Å²) in [5.41, 5.74) is 6.73. The van der Waals surface area contributed by atoms with E-state index in [2.05, 4.69) is 21.3 Å². The summed E-state index contributed by atoms with van der Waals surface area (Å²) in [5.74, 6) is 0.113. The maximum atomic E-state index is 11.9. The number of hydrazone groups is 1. The number of hydrogen-bond acceptors (Lipinski definition) is 4. The van der Waals surface area contributed by atoms with Gasteiger partial charge in [0.1, 0.15) is 0 Å². The highest BCUT2D eigenvalue weighted by Crippen LogP contribution is 2.25. The van der Waals surface area contributed by atoms with E-state index in [0.29, 0.717) is 25.7 Å². The lowest BCUT2D eigenvalue weighted by Crippen LogP contribution is -2.36. The Morgan fingerprint density at radius 3 is 2.74 bits per heavy atom. The summed E-state index contributed by atoms with van der Waals surface area (Å²) in [7, 11) is -3.19. The lowest BCUT2D eigenvalue weighted by atomic mass is 10.00. The molecule has 2 aliphatic rings. The number of fused-ring (bicyclic) bond motifs is 1. The van der Waals surface area contributed by atoms with Crippen molar-refractivity contribution in [2.45, 2.75) is 45.1 Å². The van der Waals surface area contributed by atoms with E-state index in [1.807, 2.05) is 19.1 Å². The smallest absolute Gasteiger partial charge is 0.240 e. The van der Waals surface area contributed by atoms with Gasteiger partial charge in [0.15, 0.2) is 0 Å². The van der Waals surface area contributed by atoms with Crippen LogP contribution in [0.4, 0.5) is 0 Å². The van der Waals surface area contributed by atoms with E-state index in [-0.39, 0.29) is 17.7 Å². The van der Waals surface area contributed by atoms with Crippen LogP contribution in [-0.4, -0.2) is 31.8 Å². The second-order valence-electron chi connectivity index (χ2n) is 6.12. The first-order chi connectivity index (χ1) is 11.0. The number of nitrogens with zero attached hydrogens (tertiary/aromatic N) is 1. The van der Waals surface area contributed by atoms with Gasteiger partial charge in [-0.15, -0.1) is 0 Å². The minimum absolute atomic E-state index is 0.0553. The average Bonchev–Trinajstić information content (AvgIpc) is 2.88. The molecule has 124 valence electrons. The van der Waals surface area contributed by atoms with Crippen molar-refractivity contribution in [3.05, 3.63) is 34.9 Å². The van der Waals surface area contributed by atoms with Crippen LogP contribution in [0, 0.1) is 0 Å². The van der Waals surface area contributed by atoms with Crippen LogP contribution < -0.4 is 10.1 Å². The molecule has 0 fully saturated rings. The van der Waals surface area contributed by atoms with Gasteiger partial charge in [0, 0.05) is 18.9 Å². The van der Waals surface area contributed by atoms with Crippen molar-refractivity contribution in [2.75, 3.05) is 5.75 Å². The fourth-order valence-corrected chi connectivity index (χ4v) is 4.47. The molecule has 1 atom stereocenters. The molecule has 0 saturated heterocycles. The fraction of sp³-hybridized carbons (Fsp3) is 0.500. The predicted octanol–water partition coefficient (Wildman–Crippen LogP) is 1.10. The molecule has 1 aromatic carbocycles. The number of sulfonamides is 1. The van der Waals surface area contributed by atoms with E-state index in [1.165, 1.54) is 5.56 Å². The van der Waals surface area contributed by atoms with Crippen LogP contribution in [0.25, 0.3) is 0 Å². The van der Waals surface area contributed by atoms with Crippen LogP contribution in [0.2, 0.25) is 0 Å². The summed E-state index contributed by atoms with van der Waals surface area (Å²) in [4.78, 5) is 11.2. The highest BCUT2D eigenvalue weighted by molar-refractivity contribution is 7.89. The van der Waals surface area contributed by atoms with E-state index in [0.717, 1.165) is 23.3 Å². The Morgan fingerprint density at radius 2 is 2.04 bits per heavy atom. The van der Waals surface area contributed by atoms with Gasteiger partial charge in [-0.2, -0.15) is 5.10 Å². The van der Waals surface area contributed by atoms with Crippen LogP contribution in [-0.2, 0) is 27.7 Å². The third-order valence-corrected chi connectivity index (χ3v) is 5.83. The van der Waals surface area contributed by atoms with E-state index < -0.39 is 10.0 Å². The summed E-state index contributed by atoms with van der Waals surface area (Å²) in [5, 5.41) is 4.11. The van der Waals surface area contributed by atoms with E-state index in [4.69, 9.17) is 0 Å². The number of amides is 1. The van der Waals surface area contributed by atoms with Gasteiger partial charge in [-0.3, -0.25) is 4.79 Å². The zero-order chi connectivity index (χ0) is 16.4. The molecule has 7 heteroatoms. The molecule has 0 aromatic heterocycles. The molecular weight excluding hydrogens is 314 g/mol. The number of rotatable bonds is 5. The normalized spacial score (nSPS) is 20.8. The highest BCUT2D eigenvalue weighted by Gasteiger charge is 2.26. The number of hydrogen-bond donors (Lipinski definition) is 2. The van der Waals surface area contributed by atoms with Crippen molar-refractivity contribution >= 4 is 21.6 Å². The molecule has 1 aliphatic carbocycles. The van der Waals surface area contributed by atoms with Crippen molar-refractivity contribution < 1.29 is 13.2 Å². The molecule has 1 unspecified atom stereocenters. The van der Waals surface area contributed by atoms with Crippen molar-refractivity contribution in [3.8, 4) is 0 Å². The van der Waals surface area contributed by atoms with Gasteiger partial charge in [-0.1, -0.05) is 19.1 Å². The van der Waals surface area contributed by atoms with Gasteiger partial charge < -0.3 is 0 Å². The predicted molar refractivity (Wildman–Crippen MR) is 88.8 cm³/mol. The van der Waals surface area contributed by atoms with E-state index in [9.17, 15) is 13.2 Å². The quantitative estimate of drug-likeness (QED) is 0.844. The largest absolute Gasteiger partial charge is 0.273 e. The first-order valence-corrected chi connectivity index (χ1v) is 9.59. The van der Waals surface area contributed by atoms with E-state index >= 15 is 0 Å². The third-order valence-electron chi connectivity index (χ3n) is 4.20. The molecule has 0 spiro atoms. The summed E-state index contributed by atoms with van der Waals surface area (Å²) < 4.78 is 26.6. The summed E-state index contributed by atoms with van der Waals surface area (Å²) >= 11 is 0. The molecule has 0 radical (unpaired) electrons. The Kier molecular flexibility index (Phi) is 4.50. The van der Waals surface area contributed by atoms with Gasteiger partial charge in [-0.05, 0) is 42.0 Å². The highest BCUT2D eigenvalue weighted by atomic mass is 32.2. The molecule has 1 heterocycles. The van der Waals surface area contributed by atoms with Crippen LogP contribution in [0.5, 0.6) is 0 Å². The molecule has 0 bridgehead atoms. The molecular formula is C16H21N3O3S. The number of nitrogens with one attached hydrogen (secondary N) is 2. The minimum atomic E-state index is -3.19. The zero-order valence-corrected chi connectivity index (χ0v) is 13.9. The molecule has 1 aromatic rings. The second-order valence-corrected chi connectivity index (χ2v) is 7.99. The Balaban J connectivity index is 1.73. The summed E-state index contributed by atoms with van der Waals surface area (Å²) in [6.45, 7) is 1.86. The fourth-order valence-electron chi connectivity index (χ4n) is 3.15. The molecule has 0 saturated carbocycles. The Hall–Kier alpha value is -1.73. The average molecular weight is 335 g/mol. The van der Waals surface area contributed by atoms with Crippen molar-refractivity contribution in [2.24, 2.45) is 5.10 Å². The van der Waals surface area contributed by atoms with Crippen LogP contribution in [0.3, 0.4) is 0 Å². The number of benzene rings is 1. The summed E-state index contributed by atoms with van der Waals surface area (Å²) in [6.07, 6.45) is 3.13. The number of carbonyl (C=O) groups is 1. The zero-order valence-electron chi connectivity index (χ0n) is 13.1. The van der Waals surface area contributed by atoms with Gasteiger partial charge in [0.25, 0.3) is 0 Å². The molecule has 3 rings (SSSR count). The second kappa shape index (κ2) is 6.41. The Morgan fingerprint density at radius 1 is 1.26 bits per heavy atom. The first kappa shape index (κ1) is 16.1. The maximum Gasteiger partial charge on any atom is 0.240 e. The third kappa shape index (κ3) is 3.79. The van der Waals surface area contributed by atoms with Gasteiger partial charge in [-0.25, -0.2) is 18.6 Å². The van der Waals surface area contributed by atoms with E-state index in [1.54, 1.807) is 0 Å². The molecule has 1 aliphatic heterocycles. The maximum absolute atomic E-state index is 11.9. The van der Waals surface area contributed by atoms with Crippen molar-refractivity contribution in [1.82, 2.24) is 10.1 Å². The van der Waals surface area contributed by atoms with Crippen LogP contribution in [0.15, 0.2) is 23.3 Å². The van der Waals surface area contributed by atoms with Crippen molar-refractivity contribution in [1.29, 1.82) is 0 Å². The molecule has 1 amide bonds. The van der Waals surface area contributed by atoms with Crippen LogP contribution >= 0.6 is 0 Å². The van der Waals surface area contributed by atoms with Crippen molar-refractivity contribution in [3.63, 3.8) is 0 Å². The molecule has 23 heavy (non-hydrogen) atoms. The monoisotopic (exact) mass is 335 g/mol. The Bertz CT molecular complexity index is 756. The Labute approximate surface area is 136 Å². The summed E-state index contributed by atoms with van der Waals surface area (Å²) in [6, 6.07) is 6.04. The lowest BCUT2D eigenvalue weighted by Gasteiger charge is -2.13. The SMILES string of the molecule is CCCS(=O)(=O)NC1Cc2ccc(C3=NNC(=O)CC3)cc2C1. The first-order valence-electron chi connectivity index (χ1n) is 7.94. The standard InChI is InChI=1S/C16H21N3O3S/c1-2-7-23(21,22)19-14-9-11-3-4-12(8-13(11)10-14)15-5-6-16(20)18-17-15/h3-4,8,14,19H,2,5-7,9-10H2,1H3,(H,18,20). The minimum Gasteiger partial charge on any atom is -0.273 e. The van der Waals surface area contributed by atoms with Gasteiger partial charge >= 0.3 is 0 Å².